The van der Waals surface area contributed by atoms with Gasteiger partial charge < -0.3 is 25.0 Å². The Bertz CT molecular complexity index is 2360. The monoisotopic (exact) mass is 844 g/mol. The van der Waals surface area contributed by atoms with Gasteiger partial charge in [0.2, 0.25) is 0 Å². The van der Waals surface area contributed by atoms with Crippen LogP contribution in [0.4, 0.5) is 17.2 Å². The number of aliphatic hydroxyl groups excluding tert-OH is 1. The summed E-state index contributed by atoms with van der Waals surface area (Å²) in [5.41, 5.74) is 4.70. The van der Waals surface area contributed by atoms with Crippen LogP contribution in [0.1, 0.15) is 112 Å². The molecule has 1 spiro atoms. The van der Waals surface area contributed by atoms with E-state index in [1.165, 1.54) is 49.4 Å². The number of aliphatic hydroxyl groups is 1. The van der Waals surface area contributed by atoms with Crippen molar-refractivity contribution in [1.29, 1.82) is 0 Å². The lowest BCUT2D eigenvalue weighted by molar-refractivity contribution is -0.384. The molecule has 5 aromatic rings. The minimum absolute atomic E-state index is 0.0637. The van der Waals surface area contributed by atoms with Crippen LogP contribution in [0.2, 0.25) is 0 Å². The van der Waals surface area contributed by atoms with Crippen molar-refractivity contribution < 1.29 is 19.6 Å². The maximum Gasteiger partial charge on any atom is 0.293 e. The Kier molecular flexibility index (Phi) is 11.9. The highest BCUT2D eigenvalue weighted by Crippen LogP contribution is 2.54. The maximum absolute atomic E-state index is 13.9. The van der Waals surface area contributed by atoms with E-state index < -0.39 is 10.8 Å². The summed E-state index contributed by atoms with van der Waals surface area (Å²) in [4.78, 5) is 43.6. The molecule has 9 rings (SSSR count). The van der Waals surface area contributed by atoms with Crippen molar-refractivity contribution in [2.45, 2.75) is 107 Å². The molecule has 2 saturated heterocycles. The molecule has 1 atom stereocenters. The van der Waals surface area contributed by atoms with Gasteiger partial charge in [0.1, 0.15) is 34.2 Å². The molecule has 14 heteroatoms. The lowest BCUT2D eigenvalue weighted by atomic mass is 9.60. The first-order valence-corrected chi connectivity index (χ1v) is 22.8. The van der Waals surface area contributed by atoms with Crippen LogP contribution in [0, 0.1) is 21.4 Å². The molecule has 4 aliphatic rings. The highest BCUT2D eigenvalue weighted by Gasteiger charge is 2.50. The number of nitro benzene ring substituents is 1. The predicted molar refractivity (Wildman–Crippen MR) is 239 cm³/mol. The molecule has 0 bridgehead atoms. The fourth-order valence-corrected chi connectivity index (χ4v) is 10.9. The molecule has 2 aliphatic carbocycles. The summed E-state index contributed by atoms with van der Waals surface area (Å²) in [7, 11) is 0. The Labute approximate surface area is 361 Å². The molecule has 3 aromatic heterocycles. The summed E-state index contributed by atoms with van der Waals surface area (Å²) >= 11 is 1.01. The number of rotatable bonds is 13. The van der Waals surface area contributed by atoms with Crippen LogP contribution >= 0.6 is 11.9 Å². The zero-order valence-corrected chi connectivity index (χ0v) is 35.8. The molecule has 61 heavy (non-hydrogen) atoms. The summed E-state index contributed by atoms with van der Waals surface area (Å²) in [6.45, 7) is 8.15. The number of likely N-dealkylation sites (tertiary alicyclic amines) is 1. The number of carbonyl (C=O) groups is 1. The predicted octanol–water partition coefficient (Wildman–Crippen LogP) is 9.77. The zero-order chi connectivity index (χ0) is 42.1. The number of ether oxygens (including phenoxy) is 1. The number of carbonyl (C=O) groups excluding carboxylic acids is 1. The van der Waals surface area contributed by atoms with Crippen LogP contribution in [0.5, 0.6) is 11.5 Å². The minimum atomic E-state index is -0.437. The zero-order valence-electron chi connectivity index (χ0n) is 35.0. The van der Waals surface area contributed by atoms with E-state index in [9.17, 15) is 20.0 Å². The number of piperidine rings is 1. The number of anilines is 2. The van der Waals surface area contributed by atoms with E-state index >= 15 is 0 Å². The van der Waals surface area contributed by atoms with Gasteiger partial charge in [-0.3, -0.25) is 24.5 Å². The minimum Gasteiger partial charge on any atom is -0.455 e. The van der Waals surface area contributed by atoms with Gasteiger partial charge >= 0.3 is 0 Å². The van der Waals surface area contributed by atoms with E-state index in [0.717, 1.165) is 80.4 Å². The van der Waals surface area contributed by atoms with Crippen molar-refractivity contribution in [1.82, 2.24) is 24.6 Å². The van der Waals surface area contributed by atoms with Gasteiger partial charge in [-0.25, -0.2) is 9.97 Å². The van der Waals surface area contributed by atoms with Crippen molar-refractivity contribution in [2.24, 2.45) is 11.3 Å². The van der Waals surface area contributed by atoms with Gasteiger partial charge in [0.15, 0.2) is 0 Å². The molecule has 0 radical (unpaired) electrons. The number of nitro groups is 1. The fourth-order valence-electron chi connectivity index (χ4n) is 10.3. The third-order valence-corrected chi connectivity index (χ3v) is 14.5. The first kappa shape index (κ1) is 41.2. The summed E-state index contributed by atoms with van der Waals surface area (Å²) < 4.78 is 9.29. The molecule has 13 nitrogen and oxygen atoms in total. The van der Waals surface area contributed by atoms with Gasteiger partial charge in [0.05, 0.1) is 17.2 Å². The maximum atomic E-state index is 13.9. The smallest absolute Gasteiger partial charge is 0.293 e. The van der Waals surface area contributed by atoms with Gasteiger partial charge in [-0.2, -0.15) is 0 Å². The van der Waals surface area contributed by atoms with Gasteiger partial charge in [-0.15, -0.1) is 0 Å². The highest BCUT2D eigenvalue weighted by atomic mass is 32.2. The van der Waals surface area contributed by atoms with E-state index in [0.29, 0.717) is 58.0 Å². The average molecular weight is 845 g/mol. The third kappa shape index (κ3) is 8.94. The van der Waals surface area contributed by atoms with Crippen LogP contribution in [-0.2, 0) is 0 Å². The fraction of sp³-hybridized carbons (Fsp3) is 0.468. The van der Waals surface area contributed by atoms with Crippen molar-refractivity contribution in [2.75, 3.05) is 36.4 Å². The van der Waals surface area contributed by atoms with Crippen LogP contribution in [-0.4, -0.2) is 74.1 Å². The number of aromatic amines is 1. The molecular weight excluding hydrogens is 789 g/mol. The number of amides is 1. The summed E-state index contributed by atoms with van der Waals surface area (Å²) in [5, 5.41) is 26.1. The van der Waals surface area contributed by atoms with E-state index in [-0.39, 0.29) is 17.4 Å². The van der Waals surface area contributed by atoms with Crippen molar-refractivity contribution in [3.05, 3.63) is 106 Å². The van der Waals surface area contributed by atoms with E-state index in [4.69, 9.17) is 9.72 Å². The Balaban J connectivity index is 0.867. The Morgan fingerprint density at radius 1 is 1.02 bits per heavy atom. The standard InChI is InChI=1S/C47H56N8O5S/c1-30(2)37-6-3-4-7-38(37)41-8-5-19-54(41)33-25-47(26-33)16-20-53(21-17-47)44-24-43(60-35-22-32-15-18-48-45(32)51-28-35)39(29-50-44)46(57)52-61-36-13-14-40(42(23-36)55(58)59)49-27-31-9-11-34(56)12-10-31/h3-4,6-7,13-15,18,22-24,28-31,33-34,41,49,56H,5,8-12,16-17,19-21,25-27H2,1-2H3,(H,48,51)(H,52,57). The van der Waals surface area contributed by atoms with Crippen molar-refractivity contribution in [3.8, 4) is 11.5 Å². The number of aromatic nitrogens is 3. The molecule has 2 saturated carbocycles. The number of H-pyrrole nitrogens is 1. The molecule has 2 aliphatic heterocycles. The Hall–Kier alpha value is -5.18. The Morgan fingerprint density at radius 2 is 1.82 bits per heavy atom. The second kappa shape index (κ2) is 17.7. The summed E-state index contributed by atoms with van der Waals surface area (Å²) in [6.07, 6.45) is 15.2. The van der Waals surface area contributed by atoms with E-state index in [2.05, 4.69) is 67.9 Å². The number of hydrogen-bond donors (Lipinski definition) is 4. The van der Waals surface area contributed by atoms with Crippen LogP contribution < -0.4 is 19.7 Å². The lowest BCUT2D eigenvalue weighted by Crippen LogP contribution is -2.55. The molecule has 320 valence electrons. The van der Waals surface area contributed by atoms with Gasteiger partial charge in [0, 0.05) is 66.5 Å². The van der Waals surface area contributed by atoms with Crippen molar-refractivity contribution >= 4 is 46.1 Å². The normalized spacial score (nSPS) is 21.8. The van der Waals surface area contributed by atoms with Gasteiger partial charge in [-0.1, -0.05) is 38.1 Å². The van der Waals surface area contributed by atoms with Gasteiger partial charge in [0.25, 0.3) is 11.6 Å². The number of pyridine rings is 2. The van der Waals surface area contributed by atoms with Gasteiger partial charge in [-0.05, 0) is 135 Å². The molecule has 2 aromatic carbocycles. The third-order valence-electron chi connectivity index (χ3n) is 13.7. The highest BCUT2D eigenvalue weighted by molar-refractivity contribution is 7.98. The summed E-state index contributed by atoms with van der Waals surface area (Å²) in [5.74, 6) is 2.03. The topological polar surface area (TPSA) is 162 Å². The SMILES string of the molecule is CC(C)c1ccccc1C1CCCN1C1CC2(CCN(c3cc(Oc4cnc5[nH]ccc5c4)c(C(=O)NSc4ccc(NCC5CCC(O)CC5)c([N+](=O)[O-])c4)cn3)CC2)C1. The Morgan fingerprint density at radius 3 is 2.61 bits per heavy atom. The summed E-state index contributed by atoms with van der Waals surface area (Å²) in [6, 6.07) is 20.8. The molecule has 1 amide bonds. The molecular formula is C47H56N8O5S. The molecule has 4 N–H and O–H groups in total. The largest absolute Gasteiger partial charge is 0.455 e. The molecule has 4 fully saturated rings. The quantitative estimate of drug-likeness (QED) is 0.0507. The van der Waals surface area contributed by atoms with Crippen LogP contribution in [0.15, 0.2) is 84.1 Å². The first-order chi connectivity index (χ1) is 29.6. The van der Waals surface area contributed by atoms with Crippen LogP contribution in [0.25, 0.3) is 11.0 Å². The molecule has 5 heterocycles. The second-order valence-electron chi connectivity index (χ2n) is 18.0. The number of nitrogens with one attached hydrogen (secondary N) is 3. The molecule has 1 unspecified atom stereocenters. The van der Waals surface area contributed by atoms with Crippen LogP contribution in [0.3, 0.4) is 0 Å². The number of benzene rings is 2. The lowest BCUT2D eigenvalue weighted by Gasteiger charge is -2.56. The average Bonchev–Trinajstić information content (AvgIpc) is 3.95. The van der Waals surface area contributed by atoms with Crippen molar-refractivity contribution in [3.63, 3.8) is 0 Å². The van der Waals surface area contributed by atoms with E-state index in [1.807, 2.05) is 24.4 Å². The van der Waals surface area contributed by atoms with E-state index in [1.54, 1.807) is 24.5 Å². The first-order valence-electron chi connectivity index (χ1n) is 22.0. The number of fused-ring (bicyclic) bond motifs is 1. The number of hydrogen-bond acceptors (Lipinski definition) is 11. The number of nitrogens with zero attached hydrogens (tertiary/aromatic N) is 5. The second-order valence-corrected chi connectivity index (χ2v) is 18.9.